The van der Waals surface area contributed by atoms with Crippen LogP contribution in [0.4, 0.5) is 0 Å². The number of nitrogens with two attached hydrogens (primary N) is 1. The minimum absolute atomic E-state index is 0.141. The summed E-state index contributed by atoms with van der Waals surface area (Å²) >= 11 is 0. The molecule has 7 nitrogen and oxygen atoms in total. The van der Waals surface area contributed by atoms with Gasteiger partial charge >= 0.3 is 0 Å². The largest absolute Gasteiger partial charge is 0.493 e. The normalized spacial score (nSPS) is 16.4. The van der Waals surface area contributed by atoms with Crippen LogP contribution in [-0.4, -0.2) is 45.8 Å². The standard InChI is InChI=1S/C29H34N2O5/c1-33-24-13-12-19(16-25(24)34-2)15-23-22-18-27(36-4)26(35-3)17-21(22)11-8-14-31(23)28(29(30)32)20-9-6-5-7-10-20/h5-7,9-10,12-13,16-18,23,28H,8,11,14-15H2,1-4H3,(H2,30,32). The van der Waals surface area contributed by atoms with Gasteiger partial charge in [-0.25, -0.2) is 0 Å². The molecule has 0 radical (unpaired) electrons. The molecule has 0 aliphatic carbocycles. The van der Waals surface area contributed by atoms with Gasteiger partial charge in [0, 0.05) is 12.6 Å². The third-order valence-corrected chi connectivity index (χ3v) is 6.86. The number of amides is 1. The highest BCUT2D eigenvalue weighted by atomic mass is 16.5. The Balaban J connectivity index is 1.86. The average molecular weight is 491 g/mol. The molecule has 1 aliphatic rings. The smallest absolute Gasteiger partial charge is 0.239 e. The molecule has 0 aromatic heterocycles. The van der Waals surface area contributed by atoms with Crippen molar-refractivity contribution in [1.82, 2.24) is 4.90 Å². The fraction of sp³-hybridized carbons (Fsp3) is 0.345. The summed E-state index contributed by atoms with van der Waals surface area (Å²) in [6.07, 6.45) is 2.37. The molecule has 0 saturated heterocycles. The molecule has 36 heavy (non-hydrogen) atoms. The number of hydrogen-bond donors (Lipinski definition) is 1. The Hall–Kier alpha value is -3.71. The van der Waals surface area contributed by atoms with E-state index in [2.05, 4.69) is 11.0 Å². The summed E-state index contributed by atoms with van der Waals surface area (Å²) in [6.45, 7) is 0.708. The SMILES string of the molecule is COc1ccc(CC2c3cc(OC)c(OC)cc3CCCN2C(C(N)=O)c2ccccc2)cc1OC. The average Bonchev–Trinajstić information content (AvgIpc) is 3.07. The molecule has 3 aromatic carbocycles. The number of hydrogen-bond acceptors (Lipinski definition) is 6. The molecule has 7 heteroatoms. The van der Waals surface area contributed by atoms with Crippen LogP contribution in [0.25, 0.3) is 0 Å². The highest BCUT2D eigenvalue weighted by molar-refractivity contribution is 5.81. The minimum Gasteiger partial charge on any atom is -0.493 e. The lowest BCUT2D eigenvalue weighted by Gasteiger charge is -2.37. The molecule has 4 rings (SSSR count). The van der Waals surface area contributed by atoms with Crippen molar-refractivity contribution < 1.29 is 23.7 Å². The Morgan fingerprint density at radius 2 is 1.53 bits per heavy atom. The number of carbonyl (C=O) groups excluding carboxylic acids is 1. The first-order valence-corrected chi connectivity index (χ1v) is 12.1. The van der Waals surface area contributed by atoms with E-state index in [-0.39, 0.29) is 11.9 Å². The lowest BCUT2D eigenvalue weighted by atomic mass is 9.91. The Morgan fingerprint density at radius 3 is 2.17 bits per heavy atom. The summed E-state index contributed by atoms with van der Waals surface area (Å²) in [5.41, 5.74) is 10.3. The number of rotatable bonds is 9. The van der Waals surface area contributed by atoms with Gasteiger partial charge in [0.1, 0.15) is 6.04 Å². The number of benzene rings is 3. The van der Waals surface area contributed by atoms with Crippen LogP contribution in [0.3, 0.4) is 0 Å². The van der Waals surface area contributed by atoms with Crippen LogP contribution in [-0.2, 0) is 17.6 Å². The van der Waals surface area contributed by atoms with Crippen LogP contribution in [0.2, 0.25) is 0 Å². The molecule has 2 atom stereocenters. The predicted octanol–water partition coefficient (Wildman–Crippen LogP) is 4.48. The van der Waals surface area contributed by atoms with E-state index in [1.165, 1.54) is 5.56 Å². The van der Waals surface area contributed by atoms with E-state index in [1.54, 1.807) is 28.4 Å². The zero-order chi connectivity index (χ0) is 25.7. The fourth-order valence-corrected chi connectivity index (χ4v) is 5.17. The summed E-state index contributed by atoms with van der Waals surface area (Å²) in [5, 5.41) is 0. The number of methoxy groups -OCH3 is 4. The van der Waals surface area contributed by atoms with Crippen molar-refractivity contribution in [2.45, 2.75) is 31.3 Å². The maximum absolute atomic E-state index is 12.9. The predicted molar refractivity (Wildman–Crippen MR) is 139 cm³/mol. The fourth-order valence-electron chi connectivity index (χ4n) is 5.17. The van der Waals surface area contributed by atoms with Crippen LogP contribution in [0.5, 0.6) is 23.0 Å². The Labute approximate surface area is 212 Å². The maximum Gasteiger partial charge on any atom is 0.239 e. The van der Waals surface area contributed by atoms with Gasteiger partial charge in [-0.3, -0.25) is 9.69 Å². The molecule has 2 unspecified atom stereocenters. The second-order valence-corrected chi connectivity index (χ2v) is 8.87. The van der Waals surface area contributed by atoms with Gasteiger partial charge < -0.3 is 24.7 Å². The lowest BCUT2D eigenvalue weighted by Crippen LogP contribution is -2.41. The monoisotopic (exact) mass is 490 g/mol. The Bertz CT molecular complexity index is 1200. The molecular formula is C29H34N2O5. The van der Waals surface area contributed by atoms with Crippen molar-refractivity contribution in [3.05, 3.63) is 82.9 Å². The highest BCUT2D eigenvalue weighted by Crippen LogP contribution is 2.42. The molecule has 1 aliphatic heterocycles. The van der Waals surface area contributed by atoms with E-state index in [1.807, 2.05) is 54.6 Å². The van der Waals surface area contributed by atoms with Crippen LogP contribution < -0.4 is 24.7 Å². The minimum atomic E-state index is -0.574. The molecule has 3 aromatic rings. The van der Waals surface area contributed by atoms with E-state index < -0.39 is 6.04 Å². The van der Waals surface area contributed by atoms with Gasteiger partial charge in [-0.15, -0.1) is 0 Å². The van der Waals surface area contributed by atoms with Gasteiger partial charge in [0.25, 0.3) is 0 Å². The van der Waals surface area contributed by atoms with Crippen LogP contribution in [0.15, 0.2) is 60.7 Å². The third kappa shape index (κ3) is 5.11. The number of fused-ring (bicyclic) bond motifs is 1. The molecule has 0 bridgehead atoms. The zero-order valence-electron chi connectivity index (χ0n) is 21.3. The van der Waals surface area contributed by atoms with Gasteiger partial charge in [-0.1, -0.05) is 36.4 Å². The first-order valence-electron chi connectivity index (χ1n) is 12.1. The van der Waals surface area contributed by atoms with Crippen molar-refractivity contribution in [2.75, 3.05) is 35.0 Å². The van der Waals surface area contributed by atoms with E-state index in [4.69, 9.17) is 24.7 Å². The number of aryl methyl sites for hydroxylation is 1. The third-order valence-electron chi connectivity index (χ3n) is 6.86. The van der Waals surface area contributed by atoms with E-state index in [0.29, 0.717) is 36.0 Å². The number of ether oxygens (including phenoxy) is 4. The van der Waals surface area contributed by atoms with Crippen molar-refractivity contribution in [3.8, 4) is 23.0 Å². The van der Waals surface area contributed by atoms with Crippen molar-refractivity contribution in [3.63, 3.8) is 0 Å². The van der Waals surface area contributed by atoms with Crippen molar-refractivity contribution in [2.24, 2.45) is 5.73 Å². The molecule has 1 amide bonds. The van der Waals surface area contributed by atoms with Gasteiger partial charge in [0.15, 0.2) is 23.0 Å². The Kier molecular flexibility index (Phi) is 8.00. The summed E-state index contributed by atoms with van der Waals surface area (Å²) in [6, 6.07) is 19.1. The first-order chi connectivity index (χ1) is 17.5. The van der Waals surface area contributed by atoms with Crippen molar-refractivity contribution in [1.29, 1.82) is 0 Å². The van der Waals surface area contributed by atoms with Crippen LogP contribution in [0, 0.1) is 0 Å². The van der Waals surface area contributed by atoms with Gasteiger partial charge in [-0.2, -0.15) is 0 Å². The summed E-state index contributed by atoms with van der Waals surface area (Å²) in [5.74, 6) is 2.32. The second-order valence-electron chi connectivity index (χ2n) is 8.87. The summed E-state index contributed by atoms with van der Waals surface area (Å²) in [7, 11) is 6.54. The number of carbonyl (C=O) groups is 1. The topological polar surface area (TPSA) is 83.3 Å². The van der Waals surface area contributed by atoms with Crippen LogP contribution in [0.1, 0.15) is 40.8 Å². The van der Waals surface area contributed by atoms with Crippen molar-refractivity contribution >= 4 is 5.91 Å². The van der Waals surface area contributed by atoms with E-state index in [9.17, 15) is 4.79 Å². The second kappa shape index (κ2) is 11.4. The quantitative estimate of drug-likeness (QED) is 0.476. The molecule has 2 N–H and O–H groups in total. The zero-order valence-corrected chi connectivity index (χ0v) is 21.3. The lowest BCUT2D eigenvalue weighted by molar-refractivity contribution is -0.124. The molecule has 0 spiro atoms. The number of nitrogens with zero attached hydrogens (tertiary/aromatic N) is 1. The van der Waals surface area contributed by atoms with Crippen LogP contribution >= 0.6 is 0 Å². The van der Waals surface area contributed by atoms with Gasteiger partial charge in [0.05, 0.1) is 28.4 Å². The highest BCUT2D eigenvalue weighted by Gasteiger charge is 2.35. The Morgan fingerprint density at radius 1 is 0.889 bits per heavy atom. The molecular weight excluding hydrogens is 456 g/mol. The number of primary amides is 1. The van der Waals surface area contributed by atoms with Gasteiger partial charge in [0.2, 0.25) is 5.91 Å². The molecule has 0 fully saturated rings. The van der Waals surface area contributed by atoms with E-state index >= 15 is 0 Å². The molecule has 1 heterocycles. The van der Waals surface area contributed by atoms with E-state index in [0.717, 1.165) is 29.5 Å². The summed E-state index contributed by atoms with van der Waals surface area (Å²) in [4.78, 5) is 15.2. The summed E-state index contributed by atoms with van der Waals surface area (Å²) < 4.78 is 22.3. The maximum atomic E-state index is 12.9. The first kappa shape index (κ1) is 25.4. The molecule has 190 valence electrons. The van der Waals surface area contributed by atoms with Gasteiger partial charge in [-0.05, 0) is 65.8 Å². The molecule has 0 saturated carbocycles.